The van der Waals surface area contributed by atoms with Gasteiger partial charge in [-0.3, -0.25) is 4.79 Å². The van der Waals surface area contributed by atoms with Gasteiger partial charge in [0.1, 0.15) is 16.2 Å². The molecule has 1 aromatic heterocycles. The normalized spacial score (nSPS) is 13.5. The van der Waals surface area contributed by atoms with Gasteiger partial charge in [-0.05, 0) is 59.5 Å². The lowest BCUT2D eigenvalue weighted by molar-refractivity contribution is -0.148. The summed E-state index contributed by atoms with van der Waals surface area (Å²) >= 11 is 3.05. The first-order chi connectivity index (χ1) is 16.9. The van der Waals surface area contributed by atoms with Crippen LogP contribution in [0.25, 0.3) is 0 Å². The van der Waals surface area contributed by atoms with E-state index in [2.05, 4.69) is 32.8 Å². The molecule has 1 aromatic carbocycles. The van der Waals surface area contributed by atoms with Crippen molar-refractivity contribution in [1.82, 2.24) is 19.8 Å². The van der Waals surface area contributed by atoms with Gasteiger partial charge in [-0.1, -0.05) is 34.3 Å². The number of fused-ring (bicyclic) bond motifs is 1. The highest BCUT2D eigenvalue weighted by atomic mass is 79.9. The van der Waals surface area contributed by atoms with Gasteiger partial charge in [-0.2, -0.15) is 13.2 Å². The van der Waals surface area contributed by atoms with E-state index < -0.39 is 29.7 Å². The first-order valence-corrected chi connectivity index (χ1v) is 12.6. The van der Waals surface area contributed by atoms with Crippen LogP contribution in [0.5, 0.6) is 0 Å². The Morgan fingerprint density at radius 3 is 2.33 bits per heavy atom. The van der Waals surface area contributed by atoms with Crippen molar-refractivity contribution < 1.29 is 26.7 Å². The van der Waals surface area contributed by atoms with Gasteiger partial charge in [0.25, 0.3) is 0 Å². The summed E-state index contributed by atoms with van der Waals surface area (Å²) in [7, 11) is 0. The van der Waals surface area contributed by atoms with E-state index in [-0.39, 0.29) is 59.8 Å². The number of halogens is 6. The second-order valence-corrected chi connectivity index (χ2v) is 8.61. The molecule has 1 atom stereocenters. The van der Waals surface area contributed by atoms with E-state index in [4.69, 9.17) is 0 Å². The van der Waals surface area contributed by atoms with Crippen molar-refractivity contribution in [3.8, 4) is 0 Å². The fourth-order valence-corrected chi connectivity index (χ4v) is 4.24. The monoisotopic (exact) mass is 580 g/mol. The Morgan fingerprint density at radius 1 is 1.17 bits per heavy atom. The molecule has 1 aliphatic heterocycles. The number of carbonyl (C=O) groups is 1. The van der Waals surface area contributed by atoms with Crippen molar-refractivity contribution in [3.63, 3.8) is 0 Å². The third-order valence-corrected chi connectivity index (χ3v) is 5.86. The van der Waals surface area contributed by atoms with Crippen LogP contribution in [0.3, 0.4) is 0 Å². The van der Waals surface area contributed by atoms with Crippen molar-refractivity contribution in [2.75, 3.05) is 6.54 Å². The molecule has 1 N–H and O–H groups in total. The minimum Gasteiger partial charge on any atom is -0.385 e. The molecule has 36 heavy (non-hydrogen) atoms. The third kappa shape index (κ3) is 8.04. The summed E-state index contributed by atoms with van der Waals surface area (Å²) in [5.74, 6) is -2.46. The van der Waals surface area contributed by atoms with Crippen LogP contribution in [0, 0.1) is 18.6 Å². The maximum absolute atomic E-state index is 14.3. The minimum atomic E-state index is -4.60. The summed E-state index contributed by atoms with van der Waals surface area (Å²) in [5, 5.41) is 3.01. The van der Waals surface area contributed by atoms with E-state index in [0.717, 1.165) is 16.7 Å². The van der Waals surface area contributed by atoms with Gasteiger partial charge in [0.15, 0.2) is 0 Å². The number of imidazole rings is 1. The molecule has 0 saturated carbocycles. The molecule has 0 spiro atoms. The van der Waals surface area contributed by atoms with Crippen LogP contribution in [0.2, 0.25) is 0 Å². The van der Waals surface area contributed by atoms with Gasteiger partial charge in [-0.25, -0.2) is 13.8 Å². The Hall–Kier alpha value is -2.43. The average molecular weight is 581 g/mol. The zero-order valence-electron chi connectivity index (χ0n) is 21.5. The zero-order chi connectivity index (χ0) is 27.8. The molecule has 2 heterocycles. The summed E-state index contributed by atoms with van der Waals surface area (Å²) in [6.45, 7) is 14.9. The van der Waals surface area contributed by atoms with Gasteiger partial charge in [0.2, 0.25) is 11.7 Å². The number of nitrogens with zero attached hydrogens (tertiary/aromatic N) is 3. The van der Waals surface area contributed by atoms with Crippen LogP contribution in [0.1, 0.15) is 63.7 Å². The predicted octanol–water partition coefficient (Wildman–Crippen LogP) is 6.77. The van der Waals surface area contributed by atoms with E-state index in [1.165, 1.54) is 11.8 Å². The molecular formula is C25H34BrF5N4O. The van der Waals surface area contributed by atoms with Crippen molar-refractivity contribution in [2.45, 2.75) is 79.7 Å². The van der Waals surface area contributed by atoms with Crippen LogP contribution < -0.4 is 5.32 Å². The third-order valence-electron chi connectivity index (χ3n) is 5.23. The molecule has 0 bridgehead atoms. The average Bonchev–Trinajstić information content (AvgIpc) is 3.16. The van der Waals surface area contributed by atoms with Gasteiger partial charge < -0.3 is 14.8 Å². The SMILES string of the molecule is C=C(C)NC(CC(=O)N1CCn2c(C(F)(F)F)nc(Br)c2C1)Cc1cc(F)c(C)cc1F.CC.CC. The lowest BCUT2D eigenvalue weighted by atomic mass is 10.00. The molecule has 1 unspecified atom stereocenters. The Balaban J connectivity index is 0.00000154. The van der Waals surface area contributed by atoms with Crippen LogP contribution in [-0.2, 0) is 30.5 Å². The number of alkyl halides is 3. The van der Waals surface area contributed by atoms with E-state index in [9.17, 15) is 26.7 Å². The molecule has 0 fully saturated rings. The standard InChI is InChI=1S/C21H22BrF5N4O.2C2H6/c1-11(2)28-14(7-13-8-15(23)12(3)6-16(13)24)9-18(32)30-4-5-31-17(10-30)19(22)29-20(31)21(25,26)27;2*1-2/h6,8,14,28H,1,4-5,7,9-10H2,2-3H3;2*1-2H3. The molecule has 0 saturated heterocycles. The summed E-state index contributed by atoms with van der Waals surface area (Å²) in [6, 6.07) is 1.64. The Morgan fingerprint density at radius 2 is 1.78 bits per heavy atom. The number of aromatic nitrogens is 2. The largest absolute Gasteiger partial charge is 0.449 e. The molecule has 5 nitrogen and oxygen atoms in total. The van der Waals surface area contributed by atoms with Gasteiger partial charge in [0.05, 0.1) is 12.2 Å². The van der Waals surface area contributed by atoms with Crippen LogP contribution in [0.4, 0.5) is 22.0 Å². The first-order valence-electron chi connectivity index (χ1n) is 11.8. The van der Waals surface area contributed by atoms with Crippen LogP contribution in [0.15, 0.2) is 29.0 Å². The molecule has 0 radical (unpaired) electrons. The Bertz CT molecular complexity index is 1050. The smallest absolute Gasteiger partial charge is 0.385 e. The van der Waals surface area contributed by atoms with Crippen molar-refractivity contribution in [1.29, 1.82) is 0 Å². The van der Waals surface area contributed by atoms with Gasteiger partial charge >= 0.3 is 6.18 Å². The van der Waals surface area contributed by atoms with Crippen molar-refractivity contribution >= 4 is 21.8 Å². The molecule has 3 rings (SSSR count). The number of rotatable bonds is 6. The van der Waals surface area contributed by atoms with E-state index in [0.29, 0.717) is 5.70 Å². The Labute approximate surface area is 217 Å². The molecule has 1 aliphatic rings. The number of aryl methyl sites for hydroxylation is 1. The highest BCUT2D eigenvalue weighted by Crippen LogP contribution is 2.34. The second-order valence-electron chi connectivity index (χ2n) is 7.86. The summed E-state index contributed by atoms with van der Waals surface area (Å²) in [5.41, 5.74) is 1.10. The van der Waals surface area contributed by atoms with E-state index in [1.807, 2.05) is 27.7 Å². The molecule has 11 heteroatoms. The van der Waals surface area contributed by atoms with Crippen molar-refractivity contribution in [3.05, 3.63) is 63.3 Å². The quantitative estimate of drug-likeness (QED) is 0.383. The summed E-state index contributed by atoms with van der Waals surface area (Å²) in [6.07, 6.45) is -4.63. The number of allylic oxidation sites excluding steroid dienone is 1. The van der Waals surface area contributed by atoms with Gasteiger partial charge in [0, 0.05) is 31.2 Å². The predicted molar refractivity (Wildman–Crippen MR) is 134 cm³/mol. The highest BCUT2D eigenvalue weighted by molar-refractivity contribution is 9.10. The lowest BCUT2D eigenvalue weighted by Gasteiger charge is -2.31. The fourth-order valence-electron chi connectivity index (χ4n) is 3.73. The minimum absolute atomic E-state index is 0.0370. The highest BCUT2D eigenvalue weighted by Gasteiger charge is 2.40. The van der Waals surface area contributed by atoms with Gasteiger partial charge in [-0.15, -0.1) is 0 Å². The first kappa shape index (κ1) is 31.6. The topological polar surface area (TPSA) is 50.2 Å². The molecular weight excluding hydrogens is 547 g/mol. The number of carbonyl (C=O) groups excluding carboxylic acids is 1. The van der Waals surface area contributed by atoms with Crippen molar-refractivity contribution in [2.24, 2.45) is 0 Å². The number of nitrogens with one attached hydrogen (secondary N) is 1. The van der Waals surface area contributed by atoms with E-state index in [1.54, 1.807) is 6.92 Å². The Kier molecular flexibility index (Phi) is 12.1. The zero-order valence-corrected chi connectivity index (χ0v) is 23.1. The second kappa shape index (κ2) is 13.8. The number of amides is 1. The molecule has 1 amide bonds. The summed E-state index contributed by atoms with van der Waals surface area (Å²) in [4.78, 5) is 17.9. The molecule has 0 aliphatic carbocycles. The van der Waals surface area contributed by atoms with Crippen LogP contribution >= 0.6 is 15.9 Å². The number of benzene rings is 1. The lowest BCUT2D eigenvalue weighted by Crippen LogP contribution is -2.42. The fraction of sp³-hybridized carbons (Fsp3) is 0.520. The molecule has 2 aromatic rings. The number of hydrogen-bond donors (Lipinski definition) is 1. The molecule has 202 valence electrons. The maximum atomic E-state index is 14.3. The maximum Gasteiger partial charge on any atom is 0.449 e. The van der Waals surface area contributed by atoms with Crippen LogP contribution in [-0.4, -0.2) is 32.9 Å². The van der Waals surface area contributed by atoms with E-state index >= 15 is 0 Å². The summed E-state index contributed by atoms with van der Waals surface area (Å²) < 4.78 is 68.8. The number of hydrogen-bond acceptors (Lipinski definition) is 3.